The normalized spacial score (nSPS) is 18.2. The third-order valence-electron chi connectivity index (χ3n) is 7.72. The highest BCUT2D eigenvalue weighted by atomic mass is 19.3. The Balaban J connectivity index is 1.57. The number of likely N-dealkylation sites (N-methyl/N-ethyl adjacent to an activating group) is 1. The van der Waals surface area contributed by atoms with E-state index >= 15 is 4.39 Å². The molecule has 218 valence electrons. The van der Waals surface area contributed by atoms with Crippen molar-refractivity contribution in [2.45, 2.75) is 19.4 Å². The summed E-state index contributed by atoms with van der Waals surface area (Å²) in [6.07, 6.45) is -1.94. The number of aromatic nitrogens is 2. The summed E-state index contributed by atoms with van der Waals surface area (Å²) in [4.78, 5) is 36.3. The predicted molar refractivity (Wildman–Crippen MR) is 152 cm³/mol. The van der Waals surface area contributed by atoms with Gasteiger partial charge in [-0.25, -0.2) is 18.2 Å². The van der Waals surface area contributed by atoms with E-state index in [4.69, 9.17) is 4.74 Å². The molecule has 1 N–H and O–H groups in total. The van der Waals surface area contributed by atoms with E-state index in [0.717, 1.165) is 23.4 Å². The molecule has 12 heteroatoms. The summed E-state index contributed by atoms with van der Waals surface area (Å²) in [5.41, 5.74) is -0.422. The number of piperazine rings is 1. The molecule has 0 spiro atoms. The van der Waals surface area contributed by atoms with Crippen LogP contribution in [0.2, 0.25) is 0 Å². The van der Waals surface area contributed by atoms with Crippen molar-refractivity contribution in [1.29, 1.82) is 0 Å². The number of carbonyl (C=O) groups excluding carboxylic acids is 1. The van der Waals surface area contributed by atoms with Crippen molar-refractivity contribution >= 4 is 23.1 Å². The lowest BCUT2D eigenvalue weighted by molar-refractivity contribution is 0.101. The lowest BCUT2D eigenvalue weighted by Gasteiger charge is -2.39. The molecular weight excluding hydrogens is 537 g/mol. The number of benzene rings is 1. The fourth-order valence-corrected chi connectivity index (χ4v) is 5.13. The summed E-state index contributed by atoms with van der Waals surface area (Å²) in [6.45, 7) is 6.38. The lowest BCUT2D eigenvalue weighted by Crippen LogP contribution is -2.50. The molecule has 4 heterocycles. The van der Waals surface area contributed by atoms with Crippen LogP contribution in [-0.4, -0.2) is 79.4 Å². The molecule has 2 fully saturated rings. The number of halogens is 3. The Morgan fingerprint density at radius 3 is 2.54 bits per heavy atom. The average molecular weight is 571 g/mol. The highest BCUT2D eigenvalue weighted by Crippen LogP contribution is 2.36. The number of morpholine rings is 1. The first-order valence-electron chi connectivity index (χ1n) is 13.5. The van der Waals surface area contributed by atoms with E-state index in [1.54, 1.807) is 12.1 Å². The Kier molecular flexibility index (Phi) is 8.32. The second-order valence-electron chi connectivity index (χ2n) is 10.5. The number of amides is 1. The number of nitrogens with one attached hydrogen (secondary N) is 1. The molecule has 0 unspecified atom stereocenters. The Bertz CT molecular complexity index is 1490. The molecule has 2 aliphatic rings. The van der Waals surface area contributed by atoms with Gasteiger partial charge in [0.2, 0.25) is 0 Å². The van der Waals surface area contributed by atoms with Crippen LogP contribution in [0.1, 0.15) is 29.3 Å². The van der Waals surface area contributed by atoms with Crippen molar-refractivity contribution in [3.8, 4) is 11.3 Å². The Morgan fingerprint density at radius 2 is 1.83 bits per heavy atom. The third kappa shape index (κ3) is 6.08. The molecule has 1 amide bonds. The van der Waals surface area contributed by atoms with Gasteiger partial charge in [-0.2, -0.15) is 0 Å². The van der Waals surface area contributed by atoms with Crippen molar-refractivity contribution in [2.24, 2.45) is 7.05 Å². The molecule has 0 radical (unpaired) electrons. The number of hydrogen-bond donors (Lipinski definition) is 1. The van der Waals surface area contributed by atoms with Crippen LogP contribution in [-0.2, 0) is 11.8 Å². The van der Waals surface area contributed by atoms with Crippen LogP contribution in [0.15, 0.2) is 47.4 Å². The van der Waals surface area contributed by atoms with Gasteiger partial charge in [-0.05, 0) is 38.2 Å². The molecule has 0 bridgehead atoms. The van der Waals surface area contributed by atoms with Gasteiger partial charge in [-0.3, -0.25) is 9.59 Å². The summed E-state index contributed by atoms with van der Waals surface area (Å²) >= 11 is 0. The molecular formula is C29H33F3N6O3. The standard InChI is InChI=1S/C29H33F3N6O3/c1-18-16-38(8-7-35(18)2)25-15-22(30)20(23-5-4-6-26(33-23)37-9-11-41-12-10-37)13-24(25)34-29(40)21-17-36(3)27(39)14-19(21)28(31)32/h4-6,13-15,17-18,28H,7-12,16H2,1-3H3,(H,34,40)/t18-/m1/s1. The van der Waals surface area contributed by atoms with Crippen LogP contribution >= 0.6 is 0 Å². The van der Waals surface area contributed by atoms with Crippen molar-refractivity contribution in [3.05, 3.63) is 69.9 Å². The van der Waals surface area contributed by atoms with Gasteiger partial charge in [-0.15, -0.1) is 0 Å². The number of aryl methyl sites for hydroxylation is 1. The first kappa shape index (κ1) is 28.6. The first-order valence-corrected chi connectivity index (χ1v) is 13.5. The SMILES string of the molecule is C[C@@H]1CN(c2cc(F)c(-c3cccc(N4CCOCC4)n3)cc2NC(=O)c2cn(C)c(=O)cc2C(F)F)CCN1C. The highest BCUT2D eigenvalue weighted by Gasteiger charge is 2.27. The topological polar surface area (TPSA) is 82.9 Å². The van der Waals surface area contributed by atoms with Crippen LogP contribution < -0.4 is 20.7 Å². The molecule has 1 aromatic carbocycles. The van der Waals surface area contributed by atoms with Crippen LogP contribution in [0.5, 0.6) is 0 Å². The second-order valence-corrected chi connectivity index (χ2v) is 10.5. The number of pyridine rings is 2. The number of hydrogen-bond acceptors (Lipinski definition) is 7. The number of nitrogens with zero attached hydrogens (tertiary/aromatic N) is 5. The maximum absolute atomic E-state index is 15.8. The molecule has 41 heavy (non-hydrogen) atoms. The van der Waals surface area contributed by atoms with Crippen LogP contribution in [0.25, 0.3) is 11.3 Å². The fourth-order valence-electron chi connectivity index (χ4n) is 5.13. The number of carbonyl (C=O) groups is 1. The largest absolute Gasteiger partial charge is 0.378 e. The molecule has 9 nitrogen and oxygen atoms in total. The average Bonchev–Trinajstić information content (AvgIpc) is 2.96. The highest BCUT2D eigenvalue weighted by molar-refractivity contribution is 6.07. The minimum atomic E-state index is -3.03. The lowest BCUT2D eigenvalue weighted by atomic mass is 10.0. The van der Waals surface area contributed by atoms with Crippen LogP contribution in [0.3, 0.4) is 0 Å². The van der Waals surface area contributed by atoms with Gasteiger partial charge in [0, 0.05) is 69.2 Å². The van der Waals surface area contributed by atoms with E-state index in [2.05, 4.69) is 27.0 Å². The monoisotopic (exact) mass is 570 g/mol. The minimum Gasteiger partial charge on any atom is -0.378 e. The third-order valence-corrected chi connectivity index (χ3v) is 7.72. The number of ether oxygens (including phenoxy) is 1. The summed E-state index contributed by atoms with van der Waals surface area (Å²) in [7, 11) is 3.39. The van der Waals surface area contributed by atoms with Gasteiger partial charge >= 0.3 is 0 Å². The zero-order valence-corrected chi connectivity index (χ0v) is 23.2. The van der Waals surface area contributed by atoms with Crippen molar-refractivity contribution in [1.82, 2.24) is 14.5 Å². The summed E-state index contributed by atoms with van der Waals surface area (Å²) in [6, 6.07) is 9.12. The van der Waals surface area contributed by atoms with E-state index < -0.39 is 29.3 Å². The van der Waals surface area contributed by atoms with Gasteiger partial charge < -0.3 is 29.3 Å². The van der Waals surface area contributed by atoms with Gasteiger partial charge in [0.15, 0.2) is 0 Å². The smallest absolute Gasteiger partial charge is 0.264 e. The molecule has 1 atom stereocenters. The summed E-state index contributed by atoms with van der Waals surface area (Å²) in [5, 5.41) is 2.74. The van der Waals surface area contributed by atoms with Crippen molar-refractivity contribution < 1.29 is 22.7 Å². The quantitative estimate of drug-likeness (QED) is 0.484. The summed E-state index contributed by atoms with van der Waals surface area (Å²) < 4.78 is 49.9. The van der Waals surface area contributed by atoms with Crippen molar-refractivity contribution in [2.75, 3.05) is 68.1 Å². The predicted octanol–water partition coefficient (Wildman–Crippen LogP) is 3.75. The Labute approximate surface area is 236 Å². The van der Waals surface area contributed by atoms with E-state index in [1.165, 1.54) is 19.2 Å². The molecule has 3 aromatic rings. The van der Waals surface area contributed by atoms with Gasteiger partial charge in [0.25, 0.3) is 17.9 Å². The molecule has 0 aliphatic carbocycles. The molecule has 5 rings (SSSR count). The van der Waals surface area contributed by atoms with Gasteiger partial charge in [0.1, 0.15) is 11.6 Å². The Hall–Kier alpha value is -3.90. The zero-order valence-electron chi connectivity index (χ0n) is 23.2. The van der Waals surface area contributed by atoms with Crippen molar-refractivity contribution in [3.63, 3.8) is 0 Å². The van der Waals surface area contributed by atoms with Crippen LogP contribution in [0.4, 0.5) is 30.4 Å². The number of rotatable bonds is 6. The first-order chi connectivity index (χ1) is 19.6. The Morgan fingerprint density at radius 1 is 1.07 bits per heavy atom. The molecule has 0 saturated carbocycles. The van der Waals surface area contributed by atoms with Gasteiger partial charge in [0.05, 0.1) is 35.8 Å². The maximum atomic E-state index is 15.8. The summed E-state index contributed by atoms with van der Waals surface area (Å²) in [5.74, 6) is -0.668. The second kappa shape index (κ2) is 11.9. The molecule has 2 aliphatic heterocycles. The van der Waals surface area contributed by atoms with E-state index in [-0.39, 0.29) is 22.9 Å². The van der Waals surface area contributed by atoms with E-state index in [1.807, 2.05) is 18.0 Å². The molecule has 2 aromatic heterocycles. The zero-order chi connectivity index (χ0) is 29.3. The molecule has 2 saturated heterocycles. The van der Waals surface area contributed by atoms with E-state index in [0.29, 0.717) is 56.6 Å². The number of anilines is 3. The van der Waals surface area contributed by atoms with Gasteiger partial charge in [-0.1, -0.05) is 6.07 Å². The van der Waals surface area contributed by atoms with E-state index in [9.17, 15) is 18.4 Å². The number of alkyl halides is 2. The fraction of sp³-hybridized carbons (Fsp3) is 0.414. The van der Waals surface area contributed by atoms with Crippen LogP contribution in [0, 0.1) is 5.82 Å². The minimum absolute atomic E-state index is 0.163. The maximum Gasteiger partial charge on any atom is 0.264 e.